The van der Waals surface area contributed by atoms with Crippen LogP contribution >= 0.6 is 23.2 Å². The van der Waals surface area contributed by atoms with E-state index in [0.29, 0.717) is 24.3 Å². The van der Waals surface area contributed by atoms with Crippen LogP contribution in [-0.2, 0) is 0 Å². The summed E-state index contributed by atoms with van der Waals surface area (Å²) >= 11 is 12.2. The Labute approximate surface area is 216 Å². The van der Waals surface area contributed by atoms with Gasteiger partial charge >= 0.3 is 0 Å². The fraction of sp³-hybridized carbons (Fsp3) is 0.250. The van der Waals surface area contributed by atoms with Gasteiger partial charge in [0.2, 0.25) is 0 Å². The van der Waals surface area contributed by atoms with Gasteiger partial charge in [0.25, 0.3) is 11.8 Å². The number of anilines is 2. The van der Waals surface area contributed by atoms with Crippen LogP contribution in [0.1, 0.15) is 39.4 Å². The molecule has 1 aromatic heterocycles. The summed E-state index contributed by atoms with van der Waals surface area (Å²) in [5.74, 6) is -1.29. The van der Waals surface area contributed by atoms with E-state index in [0.717, 1.165) is 19.2 Å². The highest BCUT2D eigenvalue weighted by molar-refractivity contribution is 6.36. The van der Waals surface area contributed by atoms with Crippen molar-refractivity contribution in [3.8, 4) is 5.75 Å². The number of ether oxygens (including phenoxy) is 1. The topological polar surface area (TPSA) is 122 Å². The van der Waals surface area contributed by atoms with Crippen molar-refractivity contribution in [2.75, 3.05) is 37.2 Å². The number of rotatable bonds is 6. The van der Waals surface area contributed by atoms with Gasteiger partial charge in [-0.05, 0) is 43.3 Å². The molecule has 3 aromatic rings. The smallest absolute Gasteiger partial charge is 0.276 e. The van der Waals surface area contributed by atoms with Crippen LogP contribution in [0, 0.1) is 5.82 Å². The molecule has 0 radical (unpaired) electrons. The third-order valence-electron chi connectivity index (χ3n) is 5.60. The number of carbonyl (C=O) groups is 2. The molecule has 4 rings (SSSR count). The minimum absolute atomic E-state index is 0.0519. The number of hydrogen-bond acceptors (Lipinski definition) is 7. The Morgan fingerprint density at radius 1 is 1.14 bits per heavy atom. The predicted octanol–water partition coefficient (Wildman–Crippen LogP) is 3.94. The van der Waals surface area contributed by atoms with Crippen LogP contribution in [0.15, 0.2) is 42.5 Å². The van der Waals surface area contributed by atoms with Crippen LogP contribution in [0.5, 0.6) is 5.75 Å². The fourth-order valence-electron chi connectivity index (χ4n) is 3.70. The maximum atomic E-state index is 13.9. The molecule has 1 aliphatic rings. The van der Waals surface area contributed by atoms with Crippen molar-refractivity contribution in [1.29, 1.82) is 0 Å². The van der Waals surface area contributed by atoms with Crippen LogP contribution in [0.25, 0.3) is 0 Å². The number of carbonyl (C=O) groups excluding carboxylic acids is 2. The number of nitrogens with one attached hydrogen (secondary N) is 2. The molecule has 1 saturated heterocycles. The maximum absolute atomic E-state index is 13.9. The number of hydrogen-bond donors (Lipinski definition) is 3. The molecule has 2 heterocycles. The zero-order chi connectivity index (χ0) is 25.8. The summed E-state index contributed by atoms with van der Waals surface area (Å²) in [7, 11) is 0. The Bertz CT molecular complexity index is 1290. The van der Waals surface area contributed by atoms with Gasteiger partial charge in [-0.3, -0.25) is 9.59 Å². The van der Waals surface area contributed by atoms with Crippen molar-refractivity contribution in [3.05, 3.63) is 75.1 Å². The number of benzene rings is 2. The highest BCUT2D eigenvalue weighted by Gasteiger charge is 2.22. The number of nitrogen functional groups attached to an aromatic ring is 1. The van der Waals surface area contributed by atoms with E-state index in [1.54, 1.807) is 36.1 Å². The Morgan fingerprint density at radius 2 is 1.83 bits per heavy atom. The lowest BCUT2D eigenvalue weighted by Gasteiger charge is -2.27. The minimum Gasteiger partial charge on any atom is -0.482 e. The van der Waals surface area contributed by atoms with Gasteiger partial charge in [-0.2, -0.15) is 0 Å². The van der Waals surface area contributed by atoms with E-state index >= 15 is 0 Å². The first kappa shape index (κ1) is 25.6. The van der Waals surface area contributed by atoms with E-state index in [-0.39, 0.29) is 38.8 Å². The Hall–Kier alpha value is -3.47. The highest BCUT2D eigenvalue weighted by atomic mass is 35.5. The van der Waals surface area contributed by atoms with Crippen molar-refractivity contribution in [3.63, 3.8) is 0 Å². The molecule has 1 unspecified atom stereocenters. The van der Waals surface area contributed by atoms with E-state index in [9.17, 15) is 14.0 Å². The standard InChI is InChI=1S/C24H23Cl2FN6O3/c1-13(20-16(25)6-7-17(27)21(20)26)36-19-12-18(31-32-22(19)28)23(34)30-15-4-2-14(3-5-15)24(35)33-10-8-29-9-11-33/h2-7,12-13,29H,8-11H2,1H3,(H2,28,32)(H,30,34). The number of aromatic nitrogens is 2. The molecule has 0 aliphatic carbocycles. The molecule has 4 N–H and O–H groups in total. The predicted molar refractivity (Wildman–Crippen MR) is 135 cm³/mol. The average Bonchev–Trinajstić information content (AvgIpc) is 2.88. The second-order valence-corrected chi connectivity index (χ2v) is 8.85. The summed E-state index contributed by atoms with van der Waals surface area (Å²) in [5, 5.41) is 13.6. The third-order valence-corrected chi connectivity index (χ3v) is 6.32. The number of amides is 2. The molecular formula is C24H23Cl2FN6O3. The lowest BCUT2D eigenvalue weighted by atomic mass is 10.1. The molecule has 188 valence electrons. The molecule has 0 saturated carbocycles. The molecule has 36 heavy (non-hydrogen) atoms. The van der Waals surface area contributed by atoms with Gasteiger partial charge < -0.3 is 26.0 Å². The first-order valence-electron chi connectivity index (χ1n) is 11.1. The fourth-order valence-corrected chi connectivity index (χ4v) is 4.37. The summed E-state index contributed by atoms with van der Waals surface area (Å²) in [6.07, 6.45) is -0.802. The molecule has 2 amide bonds. The van der Waals surface area contributed by atoms with Gasteiger partial charge in [-0.25, -0.2) is 4.39 Å². The van der Waals surface area contributed by atoms with Crippen LogP contribution in [-0.4, -0.2) is 53.1 Å². The Kier molecular flexibility index (Phi) is 7.88. The quantitative estimate of drug-likeness (QED) is 0.411. The van der Waals surface area contributed by atoms with E-state index in [4.69, 9.17) is 33.7 Å². The molecule has 12 heteroatoms. The second-order valence-electron chi connectivity index (χ2n) is 8.07. The Balaban J connectivity index is 1.45. The van der Waals surface area contributed by atoms with Gasteiger partial charge in [0.05, 0.1) is 5.02 Å². The summed E-state index contributed by atoms with van der Waals surface area (Å²) in [5.41, 5.74) is 7.03. The van der Waals surface area contributed by atoms with Crippen molar-refractivity contribution in [1.82, 2.24) is 20.4 Å². The second kappa shape index (κ2) is 11.1. The van der Waals surface area contributed by atoms with E-state index in [1.807, 2.05) is 0 Å². The van der Waals surface area contributed by atoms with E-state index in [1.165, 1.54) is 12.1 Å². The molecule has 1 aliphatic heterocycles. The van der Waals surface area contributed by atoms with Gasteiger partial charge in [-0.15, -0.1) is 10.2 Å². The summed E-state index contributed by atoms with van der Waals surface area (Å²) in [6, 6.07) is 10.4. The summed E-state index contributed by atoms with van der Waals surface area (Å²) in [6.45, 7) is 4.42. The normalized spacial score (nSPS) is 14.3. The monoisotopic (exact) mass is 532 g/mol. The molecule has 1 atom stereocenters. The molecule has 9 nitrogen and oxygen atoms in total. The van der Waals surface area contributed by atoms with E-state index in [2.05, 4.69) is 20.8 Å². The van der Waals surface area contributed by atoms with Crippen molar-refractivity contribution >= 4 is 46.5 Å². The van der Waals surface area contributed by atoms with E-state index < -0.39 is 17.8 Å². The van der Waals surface area contributed by atoms with Crippen LogP contribution in [0.4, 0.5) is 15.9 Å². The average molecular weight is 533 g/mol. The molecule has 0 spiro atoms. The lowest BCUT2D eigenvalue weighted by molar-refractivity contribution is 0.0735. The SMILES string of the molecule is CC(Oc1cc(C(=O)Nc2ccc(C(=O)N3CCNCC3)cc2)nnc1N)c1c(Cl)ccc(F)c1Cl. The molecule has 2 aromatic carbocycles. The Morgan fingerprint density at radius 3 is 2.53 bits per heavy atom. The van der Waals surface area contributed by atoms with Crippen molar-refractivity contribution < 1.29 is 18.7 Å². The van der Waals surface area contributed by atoms with Crippen LogP contribution in [0.3, 0.4) is 0 Å². The zero-order valence-corrected chi connectivity index (χ0v) is 20.7. The molecular weight excluding hydrogens is 510 g/mol. The van der Waals surface area contributed by atoms with Crippen molar-refractivity contribution in [2.24, 2.45) is 0 Å². The number of nitrogens with two attached hydrogens (primary N) is 1. The zero-order valence-electron chi connectivity index (χ0n) is 19.2. The molecule has 1 fully saturated rings. The largest absolute Gasteiger partial charge is 0.482 e. The van der Waals surface area contributed by atoms with Crippen LogP contribution in [0.2, 0.25) is 10.0 Å². The third kappa shape index (κ3) is 5.67. The number of piperazine rings is 1. The van der Waals surface area contributed by atoms with Gasteiger partial charge in [0.1, 0.15) is 11.9 Å². The van der Waals surface area contributed by atoms with Gasteiger partial charge in [0, 0.05) is 54.1 Å². The lowest BCUT2D eigenvalue weighted by Crippen LogP contribution is -2.46. The highest BCUT2D eigenvalue weighted by Crippen LogP contribution is 2.35. The maximum Gasteiger partial charge on any atom is 0.276 e. The summed E-state index contributed by atoms with van der Waals surface area (Å²) in [4.78, 5) is 27.2. The minimum atomic E-state index is -0.802. The number of nitrogens with zero attached hydrogens (tertiary/aromatic N) is 3. The number of halogens is 3. The van der Waals surface area contributed by atoms with Gasteiger partial charge in [0.15, 0.2) is 17.3 Å². The molecule has 0 bridgehead atoms. The summed E-state index contributed by atoms with van der Waals surface area (Å²) < 4.78 is 19.7. The van der Waals surface area contributed by atoms with Crippen molar-refractivity contribution in [2.45, 2.75) is 13.0 Å². The first-order chi connectivity index (χ1) is 17.2. The van der Waals surface area contributed by atoms with Gasteiger partial charge in [-0.1, -0.05) is 23.2 Å². The van der Waals surface area contributed by atoms with Crippen LogP contribution < -0.4 is 21.1 Å². The first-order valence-corrected chi connectivity index (χ1v) is 11.8.